The number of para-hydroxylation sites is 1. The molecule has 34 heavy (non-hydrogen) atoms. The number of aromatic hydroxyl groups is 1. The lowest BCUT2D eigenvalue weighted by Crippen LogP contribution is -2.41. The predicted molar refractivity (Wildman–Crippen MR) is 136 cm³/mol. The second-order valence-corrected chi connectivity index (χ2v) is 9.27. The first-order chi connectivity index (χ1) is 16.6. The molecule has 1 saturated heterocycles. The number of aryl methyl sites for hydroxylation is 1. The second-order valence-electron chi connectivity index (χ2n) is 9.27. The molecule has 2 unspecified atom stereocenters. The maximum atomic E-state index is 10.4. The van der Waals surface area contributed by atoms with Crippen LogP contribution >= 0.6 is 0 Å². The molecule has 1 aliphatic rings. The van der Waals surface area contributed by atoms with E-state index in [0.717, 1.165) is 48.9 Å². The molecule has 2 aromatic heterocycles. The van der Waals surface area contributed by atoms with Crippen LogP contribution in [0.4, 0.5) is 5.82 Å². The maximum Gasteiger partial charge on any atom is 0.160 e. The number of fused-ring (bicyclic) bond motifs is 1. The Hall–Kier alpha value is -3.42. The van der Waals surface area contributed by atoms with Gasteiger partial charge in [-0.3, -0.25) is 0 Å². The van der Waals surface area contributed by atoms with Crippen LogP contribution in [0.25, 0.3) is 16.9 Å². The lowest BCUT2D eigenvalue weighted by molar-refractivity contribution is 0.171. The van der Waals surface area contributed by atoms with Gasteiger partial charge in [-0.2, -0.15) is 9.61 Å². The number of anilines is 1. The number of phenolic OH excluding ortho intramolecular Hbond substituents is 1. The summed E-state index contributed by atoms with van der Waals surface area (Å²) in [5.74, 6) is 1.62. The van der Waals surface area contributed by atoms with Crippen molar-refractivity contribution in [3.05, 3.63) is 78.0 Å². The first-order valence-corrected chi connectivity index (χ1v) is 12.0. The number of benzene rings is 2. The average Bonchev–Trinajstić information content (AvgIpc) is 3.24. The molecule has 1 fully saturated rings. The number of nitrogens with two attached hydrogens (primary N) is 1. The number of hydrogen-bond donors (Lipinski definition) is 3. The van der Waals surface area contributed by atoms with Crippen molar-refractivity contribution in [2.45, 2.75) is 25.8 Å². The van der Waals surface area contributed by atoms with Gasteiger partial charge < -0.3 is 21.1 Å². The molecule has 4 N–H and O–H groups in total. The van der Waals surface area contributed by atoms with E-state index in [4.69, 9.17) is 10.7 Å². The number of rotatable bonds is 7. The lowest BCUT2D eigenvalue weighted by atomic mass is 9.97. The Balaban J connectivity index is 1.30. The number of likely N-dealkylation sites (tertiary alicyclic amines) is 1. The zero-order valence-corrected chi connectivity index (χ0v) is 19.6. The highest BCUT2D eigenvalue weighted by Crippen LogP contribution is 2.30. The van der Waals surface area contributed by atoms with Crippen molar-refractivity contribution in [1.29, 1.82) is 0 Å². The van der Waals surface area contributed by atoms with Gasteiger partial charge >= 0.3 is 0 Å². The molecule has 0 amide bonds. The van der Waals surface area contributed by atoms with Crippen molar-refractivity contribution in [3.8, 4) is 17.0 Å². The van der Waals surface area contributed by atoms with Gasteiger partial charge in [0.05, 0.1) is 11.9 Å². The molecule has 3 heterocycles. The minimum absolute atomic E-state index is 0.0286. The molecule has 2 aromatic carbocycles. The van der Waals surface area contributed by atoms with Gasteiger partial charge in [-0.25, -0.2) is 4.98 Å². The SMILES string of the molecule is Cc1cnn2c(NCC3CCCN(CC(N)c4ccccc4)C3)cc(-c3ccccc3O)nc12. The molecule has 0 radical (unpaired) electrons. The van der Waals surface area contributed by atoms with E-state index >= 15 is 0 Å². The fraction of sp³-hybridized carbons (Fsp3) is 0.333. The van der Waals surface area contributed by atoms with Crippen LogP contribution < -0.4 is 11.1 Å². The third-order valence-electron chi connectivity index (χ3n) is 6.69. The van der Waals surface area contributed by atoms with E-state index in [9.17, 15) is 5.11 Å². The predicted octanol–water partition coefficient (Wildman–Crippen LogP) is 4.23. The second kappa shape index (κ2) is 9.83. The van der Waals surface area contributed by atoms with Crippen LogP contribution in [0.1, 0.15) is 30.0 Å². The van der Waals surface area contributed by atoms with Crippen LogP contribution in [0, 0.1) is 12.8 Å². The van der Waals surface area contributed by atoms with Crippen LogP contribution in [-0.2, 0) is 0 Å². The number of nitrogens with zero attached hydrogens (tertiary/aromatic N) is 4. The van der Waals surface area contributed by atoms with E-state index in [0.29, 0.717) is 11.5 Å². The summed E-state index contributed by atoms with van der Waals surface area (Å²) in [5.41, 5.74) is 10.9. The van der Waals surface area contributed by atoms with Crippen LogP contribution in [-0.4, -0.2) is 50.8 Å². The van der Waals surface area contributed by atoms with Crippen LogP contribution in [0.2, 0.25) is 0 Å². The highest BCUT2D eigenvalue weighted by atomic mass is 16.3. The first-order valence-electron chi connectivity index (χ1n) is 12.0. The third kappa shape index (κ3) is 4.76. The molecule has 0 aliphatic carbocycles. The standard InChI is InChI=1S/C27H32N6O/c1-19-15-30-33-26(14-24(31-27(19)33)22-11-5-6-12-25(22)34)29-16-20-8-7-13-32(17-20)18-23(28)21-9-3-2-4-10-21/h2-6,9-12,14-15,20,23,29,34H,7-8,13,16-18,28H2,1H3. The lowest BCUT2D eigenvalue weighted by Gasteiger charge is -2.34. The molecule has 0 spiro atoms. The summed E-state index contributed by atoms with van der Waals surface area (Å²) in [5, 5.41) is 18.5. The zero-order valence-electron chi connectivity index (χ0n) is 19.6. The quantitative estimate of drug-likeness (QED) is 0.385. The fourth-order valence-corrected chi connectivity index (χ4v) is 4.84. The molecule has 0 saturated carbocycles. The van der Waals surface area contributed by atoms with E-state index in [2.05, 4.69) is 27.4 Å². The van der Waals surface area contributed by atoms with E-state index in [1.165, 1.54) is 18.4 Å². The van der Waals surface area contributed by atoms with Gasteiger partial charge in [0.1, 0.15) is 11.6 Å². The number of piperidine rings is 1. The van der Waals surface area contributed by atoms with Gasteiger partial charge in [-0.05, 0) is 49.9 Å². The van der Waals surface area contributed by atoms with Crippen molar-refractivity contribution in [3.63, 3.8) is 0 Å². The summed E-state index contributed by atoms with van der Waals surface area (Å²) in [6.45, 7) is 5.83. The number of aromatic nitrogens is 3. The normalized spacial score (nSPS) is 17.6. The van der Waals surface area contributed by atoms with Crippen molar-refractivity contribution in [2.24, 2.45) is 11.7 Å². The highest BCUT2D eigenvalue weighted by Gasteiger charge is 2.22. The molecule has 7 nitrogen and oxygen atoms in total. The summed E-state index contributed by atoms with van der Waals surface area (Å²) >= 11 is 0. The van der Waals surface area contributed by atoms with E-state index < -0.39 is 0 Å². The highest BCUT2D eigenvalue weighted by molar-refractivity contribution is 5.72. The van der Waals surface area contributed by atoms with Crippen molar-refractivity contribution in [1.82, 2.24) is 19.5 Å². The van der Waals surface area contributed by atoms with Crippen LogP contribution in [0.3, 0.4) is 0 Å². The molecule has 4 aromatic rings. The topological polar surface area (TPSA) is 91.7 Å². The largest absolute Gasteiger partial charge is 0.507 e. The Labute approximate surface area is 200 Å². The van der Waals surface area contributed by atoms with Crippen molar-refractivity contribution < 1.29 is 5.11 Å². The fourth-order valence-electron chi connectivity index (χ4n) is 4.84. The summed E-state index contributed by atoms with van der Waals surface area (Å²) in [6, 6.07) is 19.6. The third-order valence-corrected chi connectivity index (χ3v) is 6.69. The maximum absolute atomic E-state index is 10.4. The van der Waals surface area contributed by atoms with E-state index in [1.54, 1.807) is 6.07 Å². The Morgan fingerprint density at radius 1 is 1.15 bits per heavy atom. The van der Waals surface area contributed by atoms with Crippen LogP contribution in [0.15, 0.2) is 66.9 Å². The molecule has 1 aliphatic heterocycles. The van der Waals surface area contributed by atoms with Gasteiger partial charge in [-0.15, -0.1) is 0 Å². The average molecular weight is 457 g/mol. The van der Waals surface area contributed by atoms with E-state index in [-0.39, 0.29) is 11.8 Å². The Morgan fingerprint density at radius 2 is 1.94 bits per heavy atom. The van der Waals surface area contributed by atoms with Crippen molar-refractivity contribution >= 4 is 11.5 Å². The zero-order chi connectivity index (χ0) is 23.5. The van der Waals surface area contributed by atoms with Gasteiger partial charge in [0.15, 0.2) is 5.65 Å². The molecule has 7 heteroatoms. The Morgan fingerprint density at radius 3 is 2.76 bits per heavy atom. The Bertz CT molecular complexity index is 1250. The monoisotopic (exact) mass is 456 g/mol. The number of nitrogens with one attached hydrogen (secondary N) is 1. The summed E-state index contributed by atoms with van der Waals surface area (Å²) in [7, 11) is 0. The van der Waals surface area contributed by atoms with Gasteiger partial charge in [0, 0.05) is 42.9 Å². The molecular weight excluding hydrogens is 424 g/mol. The van der Waals surface area contributed by atoms with Crippen LogP contribution in [0.5, 0.6) is 5.75 Å². The van der Waals surface area contributed by atoms with Gasteiger partial charge in [0.2, 0.25) is 0 Å². The number of hydrogen-bond acceptors (Lipinski definition) is 6. The minimum Gasteiger partial charge on any atom is -0.507 e. The molecule has 2 atom stereocenters. The molecule has 176 valence electrons. The Kier molecular flexibility index (Phi) is 6.47. The minimum atomic E-state index is 0.0286. The smallest absolute Gasteiger partial charge is 0.160 e. The summed E-state index contributed by atoms with van der Waals surface area (Å²) < 4.78 is 1.85. The molecule has 5 rings (SSSR count). The molecular formula is C27H32N6O. The summed E-state index contributed by atoms with van der Waals surface area (Å²) in [4.78, 5) is 7.26. The van der Waals surface area contributed by atoms with Gasteiger partial charge in [0.25, 0.3) is 0 Å². The number of phenols is 1. The first kappa shape index (κ1) is 22.4. The molecule has 0 bridgehead atoms. The van der Waals surface area contributed by atoms with Crippen molar-refractivity contribution in [2.75, 3.05) is 31.5 Å². The van der Waals surface area contributed by atoms with E-state index in [1.807, 2.05) is 60.1 Å². The van der Waals surface area contributed by atoms with Gasteiger partial charge in [-0.1, -0.05) is 42.5 Å². The summed E-state index contributed by atoms with van der Waals surface area (Å²) in [6.07, 6.45) is 4.18.